The summed E-state index contributed by atoms with van der Waals surface area (Å²) in [7, 11) is 0. The number of benzene rings is 1. The highest BCUT2D eigenvalue weighted by Gasteiger charge is 2.18. The standard InChI is InChI=1S/C15H19NO.H2S/c1-11-8-9-14(10-15(11)17)16-12(2)13-6-4-3-5-7-13;/h3-7,10-12,16H,8-9H2,1-2H3;1H2/t11?,12-;/m0./s1. The highest BCUT2D eigenvalue weighted by molar-refractivity contribution is 7.59. The molecule has 3 heteroatoms. The van der Waals surface area contributed by atoms with Crippen LogP contribution in [0.2, 0.25) is 0 Å². The third kappa shape index (κ3) is 3.64. The molecule has 98 valence electrons. The Balaban J connectivity index is 0.00000162. The lowest BCUT2D eigenvalue weighted by Crippen LogP contribution is -2.24. The van der Waals surface area contributed by atoms with Crippen molar-refractivity contribution >= 4 is 19.3 Å². The second kappa shape index (κ2) is 6.64. The summed E-state index contributed by atoms with van der Waals surface area (Å²) >= 11 is 0. The quantitative estimate of drug-likeness (QED) is 0.906. The summed E-state index contributed by atoms with van der Waals surface area (Å²) in [6.07, 6.45) is 3.71. The number of ketones is 1. The first-order chi connectivity index (χ1) is 8.16. The maximum Gasteiger partial charge on any atom is 0.160 e. The lowest BCUT2D eigenvalue weighted by atomic mass is 9.92. The van der Waals surface area contributed by atoms with Gasteiger partial charge >= 0.3 is 0 Å². The predicted molar refractivity (Wildman–Crippen MR) is 79.9 cm³/mol. The molecule has 0 radical (unpaired) electrons. The Morgan fingerprint density at radius 3 is 2.56 bits per heavy atom. The SMILES string of the molecule is CC1CCC(N[C@@H](C)c2ccccc2)=CC1=O.S. The number of rotatable bonds is 3. The Hall–Kier alpha value is -1.22. The number of carbonyl (C=O) groups is 1. The summed E-state index contributed by atoms with van der Waals surface area (Å²) in [5, 5.41) is 3.43. The van der Waals surface area contributed by atoms with Crippen LogP contribution in [-0.2, 0) is 4.79 Å². The van der Waals surface area contributed by atoms with Crippen LogP contribution in [0, 0.1) is 5.92 Å². The van der Waals surface area contributed by atoms with Crippen LogP contribution in [0.4, 0.5) is 0 Å². The normalized spacial score (nSPS) is 20.7. The molecule has 1 aromatic rings. The van der Waals surface area contributed by atoms with E-state index in [1.807, 2.05) is 25.1 Å². The molecule has 1 unspecified atom stereocenters. The van der Waals surface area contributed by atoms with E-state index in [2.05, 4.69) is 24.4 Å². The van der Waals surface area contributed by atoms with Gasteiger partial charge in [0.2, 0.25) is 0 Å². The van der Waals surface area contributed by atoms with Crippen molar-refractivity contribution in [3.05, 3.63) is 47.7 Å². The number of hydrogen-bond donors (Lipinski definition) is 1. The Morgan fingerprint density at radius 2 is 1.94 bits per heavy atom. The van der Waals surface area contributed by atoms with Gasteiger partial charge in [0.25, 0.3) is 0 Å². The summed E-state index contributed by atoms with van der Waals surface area (Å²) in [6, 6.07) is 10.5. The van der Waals surface area contributed by atoms with Crippen molar-refractivity contribution in [3.63, 3.8) is 0 Å². The van der Waals surface area contributed by atoms with Crippen molar-refractivity contribution in [2.24, 2.45) is 5.92 Å². The van der Waals surface area contributed by atoms with Crippen molar-refractivity contribution in [1.29, 1.82) is 0 Å². The minimum atomic E-state index is 0. The zero-order valence-corrected chi connectivity index (χ0v) is 11.9. The van der Waals surface area contributed by atoms with Crippen molar-refractivity contribution in [2.75, 3.05) is 0 Å². The van der Waals surface area contributed by atoms with E-state index in [0.29, 0.717) is 0 Å². The Morgan fingerprint density at radius 1 is 1.28 bits per heavy atom. The first kappa shape index (κ1) is 14.8. The highest BCUT2D eigenvalue weighted by Crippen LogP contribution is 2.21. The first-order valence-corrected chi connectivity index (χ1v) is 6.22. The number of allylic oxidation sites excluding steroid dienone is 2. The van der Waals surface area contributed by atoms with E-state index in [9.17, 15) is 4.79 Å². The fraction of sp³-hybridized carbons (Fsp3) is 0.400. The topological polar surface area (TPSA) is 29.1 Å². The van der Waals surface area contributed by atoms with E-state index in [-0.39, 0.29) is 31.2 Å². The van der Waals surface area contributed by atoms with Crippen molar-refractivity contribution in [1.82, 2.24) is 5.32 Å². The minimum Gasteiger partial charge on any atom is -0.382 e. The monoisotopic (exact) mass is 263 g/mol. The second-order valence-electron chi connectivity index (χ2n) is 4.79. The van der Waals surface area contributed by atoms with Gasteiger partial charge in [-0.1, -0.05) is 37.3 Å². The van der Waals surface area contributed by atoms with Crippen molar-refractivity contribution < 1.29 is 4.79 Å². The van der Waals surface area contributed by atoms with Gasteiger partial charge in [0, 0.05) is 23.7 Å². The molecule has 0 saturated carbocycles. The number of hydrogen-bond acceptors (Lipinski definition) is 2. The van der Waals surface area contributed by atoms with Crippen molar-refractivity contribution in [2.45, 2.75) is 32.7 Å². The summed E-state index contributed by atoms with van der Waals surface area (Å²) in [5.41, 5.74) is 2.32. The number of nitrogens with one attached hydrogen (secondary N) is 1. The first-order valence-electron chi connectivity index (χ1n) is 6.22. The van der Waals surface area contributed by atoms with E-state index in [4.69, 9.17) is 0 Å². The van der Waals surface area contributed by atoms with Gasteiger partial charge in [0.15, 0.2) is 5.78 Å². The van der Waals surface area contributed by atoms with Crippen LogP contribution in [-0.4, -0.2) is 5.78 Å². The van der Waals surface area contributed by atoms with Crippen LogP contribution < -0.4 is 5.32 Å². The molecule has 0 heterocycles. The summed E-state index contributed by atoms with van der Waals surface area (Å²) in [4.78, 5) is 11.6. The average Bonchev–Trinajstić information content (AvgIpc) is 2.35. The van der Waals surface area contributed by atoms with Gasteiger partial charge in [-0.15, -0.1) is 0 Å². The fourth-order valence-corrected chi connectivity index (χ4v) is 2.12. The maximum atomic E-state index is 11.6. The third-order valence-electron chi connectivity index (χ3n) is 3.35. The molecule has 0 fully saturated rings. The molecule has 2 nitrogen and oxygen atoms in total. The van der Waals surface area contributed by atoms with E-state index in [1.54, 1.807) is 6.08 Å². The van der Waals surface area contributed by atoms with Crippen LogP contribution in [0.15, 0.2) is 42.1 Å². The van der Waals surface area contributed by atoms with Crippen LogP contribution in [0.5, 0.6) is 0 Å². The second-order valence-corrected chi connectivity index (χ2v) is 4.79. The zero-order chi connectivity index (χ0) is 12.3. The van der Waals surface area contributed by atoms with Gasteiger partial charge in [-0.3, -0.25) is 4.79 Å². The molecular weight excluding hydrogens is 242 g/mol. The molecule has 0 amide bonds. The van der Waals surface area contributed by atoms with E-state index in [0.717, 1.165) is 18.5 Å². The largest absolute Gasteiger partial charge is 0.382 e. The third-order valence-corrected chi connectivity index (χ3v) is 3.35. The lowest BCUT2D eigenvalue weighted by molar-refractivity contribution is -0.118. The molecule has 0 aromatic heterocycles. The van der Waals surface area contributed by atoms with Gasteiger partial charge in [-0.2, -0.15) is 13.5 Å². The molecular formula is C15H21NOS. The van der Waals surface area contributed by atoms with Gasteiger partial charge < -0.3 is 5.32 Å². The zero-order valence-electron chi connectivity index (χ0n) is 10.9. The molecule has 1 N–H and O–H groups in total. The van der Waals surface area contributed by atoms with Gasteiger partial charge in [-0.25, -0.2) is 0 Å². The molecule has 0 saturated heterocycles. The highest BCUT2D eigenvalue weighted by atomic mass is 32.1. The van der Waals surface area contributed by atoms with Gasteiger partial charge in [0.1, 0.15) is 0 Å². The van der Waals surface area contributed by atoms with Crippen molar-refractivity contribution in [3.8, 4) is 0 Å². The van der Waals surface area contributed by atoms with Gasteiger partial charge in [-0.05, 0) is 25.3 Å². The molecule has 1 aromatic carbocycles. The maximum absolute atomic E-state index is 11.6. The summed E-state index contributed by atoms with van der Waals surface area (Å²) in [5.74, 6) is 0.437. The Bertz CT molecular complexity index is 427. The molecule has 1 aliphatic rings. The Kier molecular flexibility index (Phi) is 5.48. The minimum absolute atomic E-state index is 0. The smallest absolute Gasteiger partial charge is 0.160 e. The molecule has 2 atom stereocenters. The Labute approximate surface area is 116 Å². The van der Waals surface area contributed by atoms with Gasteiger partial charge in [0.05, 0.1) is 0 Å². The molecule has 18 heavy (non-hydrogen) atoms. The van der Waals surface area contributed by atoms with E-state index in [1.165, 1.54) is 5.56 Å². The average molecular weight is 263 g/mol. The summed E-state index contributed by atoms with van der Waals surface area (Å²) in [6.45, 7) is 4.12. The van der Waals surface area contributed by atoms with Crippen LogP contribution in [0.25, 0.3) is 0 Å². The van der Waals surface area contributed by atoms with Crippen LogP contribution in [0.3, 0.4) is 0 Å². The number of carbonyl (C=O) groups excluding carboxylic acids is 1. The molecule has 0 bridgehead atoms. The predicted octanol–water partition coefficient (Wildman–Crippen LogP) is 3.33. The van der Waals surface area contributed by atoms with E-state index < -0.39 is 0 Å². The molecule has 2 rings (SSSR count). The molecule has 0 spiro atoms. The lowest BCUT2D eigenvalue weighted by Gasteiger charge is -2.22. The summed E-state index contributed by atoms with van der Waals surface area (Å²) < 4.78 is 0. The molecule has 1 aliphatic carbocycles. The van der Waals surface area contributed by atoms with E-state index >= 15 is 0 Å². The van der Waals surface area contributed by atoms with Crippen LogP contribution >= 0.6 is 13.5 Å². The van der Waals surface area contributed by atoms with Crippen LogP contribution in [0.1, 0.15) is 38.3 Å². The fourth-order valence-electron chi connectivity index (χ4n) is 2.12. The molecule has 0 aliphatic heterocycles.